The monoisotopic (exact) mass is 478 g/mol. The van der Waals surface area contributed by atoms with Crippen LogP contribution in [-0.4, -0.2) is 62.5 Å². The fraction of sp³-hybridized carbons (Fsp3) is 0.583. The molecule has 1 heterocycles. The van der Waals surface area contributed by atoms with E-state index in [2.05, 4.69) is 11.4 Å². The number of hydrogen-bond donors (Lipinski definition) is 1. The van der Waals surface area contributed by atoms with Crippen LogP contribution in [0, 0.1) is 0 Å². The highest BCUT2D eigenvalue weighted by Crippen LogP contribution is 2.22. The molecule has 8 nitrogen and oxygen atoms in total. The topological polar surface area (TPSA) is 102 Å². The van der Waals surface area contributed by atoms with Crippen LogP contribution in [0.3, 0.4) is 0 Å². The van der Waals surface area contributed by atoms with Gasteiger partial charge in [0.15, 0.2) is 6.10 Å². The van der Waals surface area contributed by atoms with Gasteiger partial charge in [0.25, 0.3) is 5.91 Å². The maximum Gasteiger partial charge on any atom is 0.338 e. The second-order valence-corrected chi connectivity index (χ2v) is 10.7. The maximum atomic E-state index is 12.9. The molecule has 3 rings (SSSR count). The van der Waals surface area contributed by atoms with Crippen LogP contribution in [0.2, 0.25) is 0 Å². The first-order valence-corrected chi connectivity index (χ1v) is 13.0. The molecule has 0 aromatic heterocycles. The molecule has 33 heavy (non-hydrogen) atoms. The van der Waals surface area contributed by atoms with Crippen molar-refractivity contribution in [2.24, 2.45) is 0 Å². The van der Waals surface area contributed by atoms with E-state index in [0.29, 0.717) is 6.54 Å². The molecule has 0 spiro atoms. The number of nitrogens with zero attached hydrogens (tertiary/aromatic N) is 1. The summed E-state index contributed by atoms with van der Waals surface area (Å²) < 4.78 is 38.2. The molecule has 0 radical (unpaired) electrons. The largest absolute Gasteiger partial charge is 0.449 e. The lowest BCUT2D eigenvalue weighted by Crippen LogP contribution is -2.48. The predicted molar refractivity (Wildman–Crippen MR) is 124 cm³/mol. The van der Waals surface area contributed by atoms with Crippen molar-refractivity contribution in [1.82, 2.24) is 9.62 Å². The Bertz CT molecular complexity index is 963. The molecule has 1 amide bonds. The molecule has 1 saturated heterocycles. The van der Waals surface area contributed by atoms with Gasteiger partial charge in [0.1, 0.15) is 0 Å². The number of carbonyl (C=O) groups excluding carboxylic acids is 2. The van der Waals surface area contributed by atoms with Gasteiger partial charge < -0.3 is 14.8 Å². The van der Waals surface area contributed by atoms with E-state index in [-0.39, 0.29) is 41.7 Å². The van der Waals surface area contributed by atoms with Crippen molar-refractivity contribution in [3.63, 3.8) is 0 Å². The molecule has 3 atom stereocenters. The Hall–Kier alpha value is -2.23. The van der Waals surface area contributed by atoms with Crippen molar-refractivity contribution in [2.45, 2.75) is 76.1 Å². The highest BCUT2D eigenvalue weighted by molar-refractivity contribution is 7.89. The van der Waals surface area contributed by atoms with Crippen molar-refractivity contribution >= 4 is 21.9 Å². The number of hydrogen-bond acceptors (Lipinski definition) is 6. The molecule has 1 aromatic rings. The summed E-state index contributed by atoms with van der Waals surface area (Å²) in [5.41, 5.74) is 1.55. The van der Waals surface area contributed by atoms with E-state index in [1.165, 1.54) is 53.9 Å². The molecule has 1 aliphatic heterocycles. The summed E-state index contributed by atoms with van der Waals surface area (Å²) in [7, 11) is -3.69. The first kappa shape index (κ1) is 25.4. The molecule has 1 fully saturated rings. The standard InChI is InChI=1S/C24H34N2O6S/c1-17-15-26(16-18(2)31-17)33(29,30)22-11-9-21(10-12-22)24(28)32-19(3)23(27)25-14-13-20-7-5-4-6-8-20/h7,9-12,17-19H,4-6,8,13-16H2,1-3H3,(H,25,27)/t17-,18+,19-/m1/s1. The zero-order chi connectivity index (χ0) is 24.0. The van der Waals surface area contributed by atoms with E-state index in [9.17, 15) is 18.0 Å². The van der Waals surface area contributed by atoms with Crippen molar-refractivity contribution < 1.29 is 27.5 Å². The van der Waals surface area contributed by atoms with Gasteiger partial charge in [0, 0.05) is 19.6 Å². The maximum absolute atomic E-state index is 12.9. The second-order valence-electron chi connectivity index (χ2n) is 8.80. The van der Waals surface area contributed by atoms with E-state index < -0.39 is 22.1 Å². The summed E-state index contributed by atoms with van der Waals surface area (Å²) in [5.74, 6) is -1.03. The Labute approximate surface area is 196 Å². The highest BCUT2D eigenvalue weighted by atomic mass is 32.2. The molecule has 0 saturated carbocycles. The van der Waals surface area contributed by atoms with Crippen molar-refractivity contribution in [3.05, 3.63) is 41.5 Å². The van der Waals surface area contributed by atoms with Crippen molar-refractivity contribution in [2.75, 3.05) is 19.6 Å². The quantitative estimate of drug-likeness (QED) is 0.455. The highest BCUT2D eigenvalue weighted by Gasteiger charge is 2.32. The SMILES string of the molecule is C[C@@H]1CN(S(=O)(=O)c2ccc(C(=O)O[C@H](C)C(=O)NCCC3=CCCCC3)cc2)C[C@H](C)O1. The second kappa shape index (κ2) is 11.3. The molecule has 1 aliphatic carbocycles. The van der Waals surface area contributed by atoms with Crippen LogP contribution in [0.4, 0.5) is 0 Å². The van der Waals surface area contributed by atoms with Gasteiger partial charge in [-0.2, -0.15) is 4.31 Å². The molecule has 2 aliphatic rings. The summed E-state index contributed by atoms with van der Waals surface area (Å²) in [6, 6.07) is 5.59. The lowest BCUT2D eigenvalue weighted by atomic mass is 9.97. The molecule has 1 N–H and O–H groups in total. The third-order valence-electron chi connectivity index (χ3n) is 5.90. The number of nitrogens with one attached hydrogen (secondary N) is 1. The minimum atomic E-state index is -3.69. The number of benzene rings is 1. The first-order valence-electron chi connectivity index (χ1n) is 11.6. The van der Waals surface area contributed by atoms with E-state index in [1.807, 2.05) is 13.8 Å². The lowest BCUT2D eigenvalue weighted by Gasteiger charge is -2.34. The molecule has 0 unspecified atom stereocenters. The summed E-state index contributed by atoms with van der Waals surface area (Å²) in [6.07, 6.45) is 6.32. The van der Waals surface area contributed by atoms with Gasteiger partial charge in [-0.05, 0) is 77.1 Å². The summed E-state index contributed by atoms with van der Waals surface area (Å²) in [5, 5.41) is 2.81. The minimum absolute atomic E-state index is 0.100. The van der Waals surface area contributed by atoms with Gasteiger partial charge in [0.2, 0.25) is 10.0 Å². The third-order valence-corrected chi connectivity index (χ3v) is 7.74. The van der Waals surface area contributed by atoms with E-state index in [1.54, 1.807) is 0 Å². The minimum Gasteiger partial charge on any atom is -0.449 e. The molecule has 1 aromatic carbocycles. The lowest BCUT2D eigenvalue weighted by molar-refractivity contribution is -0.129. The van der Waals surface area contributed by atoms with Gasteiger partial charge in [-0.3, -0.25) is 4.79 Å². The average Bonchev–Trinajstić information content (AvgIpc) is 2.79. The van der Waals surface area contributed by atoms with E-state index in [4.69, 9.17) is 9.47 Å². The summed E-state index contributed by atoms with van der Waals surface area (Å²) in [6.45, 7) is 6.26. The fourth-order valence-corrected chi connectivity index (χ4v) is 5.73. The van der Waals surface area contributed by atoms with Crippen LogP contribution in [0.1, 0.15) is 63.2 Å². The number of carbonyl (C=O) groups is 2. The van der Waals surface area contributed by atoms with Crippen LogP contribution in [-0.2, 0) is 24.3 Å². The molecule has 9 heteroatoms. The number of sulfonamides is 1. The number of allylic oxidation sites excluding steroid dienone is 1. The Morgan fingerprint density at radius 3 is 2.42 bits per heavy atom. The third kappa shape index (κ3) is 6.88. The Balaban J connectivity index is 1.52. The normalized spacial score (nSPS) is 22.8. The average molecular weight is 479 g/mol. The van der Waals surface area contributed by atoms with Crippen LogP contribution < -0.4 is 5.32 Å². The van der Waals surface area contributed by atoms with Crippen molar-refractivity contribution in [3.8, 4) is 0 Å². The number of esters is 1. The first-order chi connectivity index (χ1) is 15.7. The van der Waals surface area contributed by atoms with Gasteiger partial charge in [0.05, 0.1) is 22.7 Å². The Morgan fingerprint density at radius 2 is 1.82 bits per heavy atom. The Morgan fingerprint density at radius 1 is 1.15 bits per heavy atom. The van der Waals surface area contributed by atoms with Crippen molar-refractivity contribution in [1.29, 1.82) is 0 Å². The predicted octanol–water partition coefficient (Wildman–Crippen LogP) is 3.04. The van der Waals surface area contributed by atoms with Gasteiger partial charge in [-0.1, -0.05) is 11.6 Å². The van der Waals surface area contributed by atoms with E-state index >= 15 is 0 Å². The number of amides is 1. The molecule has 0 bridgehead atoms. The zero-order valence-electron chi connectivity index (χ0n) is 19.6. The fourth-order valence-electron chi connectivity index (χ4n) is 4.14. The molecular formula is C24H34N2O6S. The van der Waals surface area contributed by atoms with E-state index in [0.717, 1.165) is 19.3 Å². The smallest absolute Gasteiger partial charge is 0.338 e. The molecular weight excluding hydrogens is 444 g/mol. The van der Waals surface area contributed by atoms with Crippen LogP contribution >= 0.6 is 0 Å². The van der Waals surface area contributed by atoms with Gasteiger partial charge in [-0.25, -0.2) is 13.2 Å². The summed E-state index contributed by atoms with van der Waals surface area (Å²) >= 11 is 0. The molecule has 182 valence electrons. The number of ether oxygens (including phenoxy) is 2. The van der Waals surface area contributed by atoms with Crippen LogP contribution in [0.5, 0.6) is 0 Å². The number of morpholine rings is 1. The van der Waals surface area contributed by atoms with Crippen LogP contribution in [0.25, 0.3) is 0 Å². The van der Waals surface area contributed by atoms with Gasteiger partial charge >= 0.3 is 5.97 Å². The van der Waals surface area contributed by atoms with Gasteiger partial charge in [-0.15, -0.1) is 0 Å². The zero-order valence-corrected chi connectivity index (χ0v) is 20.4. The van der Waals surface area contributed by atoms with Crippen LogP contribution in [0.15, 0.2) is 40.8 Å². The Kier molecular flexibility index (Phi) is 8.67. The number of rotatable bonds is 8. The summed E-state index contributed by atoms with van der Waals surface area (Å²) in [4.78, 5) is 24.8.